The molecule has 7 nitrogen and oxygen atoms in total. The van der Waals surface area contributed by atoms with Gasteiger partial charge in [0.25, 0.3) is 0 Å². The quantitative estimate of drug-likeness (QED) is 0.238. The summed E-state index contributed by atoms with van der Waals surface area (Å²) in [6.45, 7) is 5.71. The second-order valence-electron chi connectivity index (χ2n) is 7.88. The van der Waals surface area contributed by atoms with Crippen LogP contribution in [-0.4, -0.2) is 34.2 Å². The number of nitrogens with zero attached hydrogens (tertiary/aromatic N) is 2. The van der Waals surface area contributed by atoms with E-state index >= 15 is 0 Å². The lowest BCUT2D eigenvalue weighted by molar-refractivity contribution is -0.115. The van der Waals surface area contributed by atoms with Gasteiger partial charge in [-0.2, -0.15) is 0 Å². The maximum Gasteiger partial charge on any atom is 0.350 e. The van der Waals surface area contributed by atoms with Crippen LogP contribution in [0.25, 0.3) is 10.9 Å². The summed E-state index contributed by atoms with van der Waals surface area (Å²) in [4.78, 5) is 34.8. The number of benzene rings is 2. The molecule has 1 amide bonds. The number of methoxy groups -OCH3 is 1. The van der Waals surface area contributed by atoms with E-state index < -0.39 is 11.2 Å². The van der Waals surface area contributed by atoms with Gasteiger partial charge in [-0.25, -0.2) is 14.8 Å². The number of hydrogen-bond acceptors (Lipinski definition) is 8. The van der Waals surface area contributed by atoms with Gasteiger partial charge in [0.1, 0.15) is 22.8 Å². The maximum atomic E-state index is 12.9. The van der Waals surface area contributed by atoms with E-state index in [-0.39, 0.29) is 12.5 Å². The first-order valence-electron chi connectivity index (χ1n) is 11.0. The van der Waals surface area contributed by atoms with E-state index in [1.54, 1.807) is 21.0 Å². The van der Waals surface area contributed by atoms with E-state index in [2.05, 4.69) is 10.3 Å². The van der Waals surface area contributed by atoms with E-state index in [9.17, 15) is 9.59 Å². The number of rotatable bonds is 8. The summed E-state index contributed by atoms with van der Waals surface area (Å²) in [6.07, 6.45) is 0. The van der Waals surface area contributed by atoms with Crippen molar-refractivity contribution in [3.05, 3.63) is 76.3 Å². The number of esters is 1. The molecule has 0 saturated carbocycles. The molecule has 0 bridgehead atoms. The minimum absolute atomic E-state index is 0.176. The summed E-state index contributed by atoms with van der Waals surface area (Å²) >= 11 is 2.45. The van der Waals surface area contributed by atoms with Crippen LogP contribution < -0.4 is 10.1 Å². The number of aromatic nitrogens is 2. The summed E-state index contributed by atoms with van der Waals surface area (Å²) in [5.41, 5.74) is 3.23. The van der Waals surface area contributed by atoms with Crippen LogP contribution in [0.2, 0.25) is 0 Å². The lowest BCUT2D eigenvalue weighted by Crippen LogP contribution is -2.22. The number of thioether (sulfide) groups is 1. The second-order valence-corrected chi connectivity index (χ2v) is 10.2. The zero-order valence-electron chi connectivity index (χ0n) is 19.8. The molecule has 4 aromatic rings. The lowest BCUT2D eigenvalue weighted by Gasteiger charge is -2.13. The van der Waals surface area contributed by atoms with Crippen molar-refractivity contribution in [2.24, 2.45) is 0 Å². The van der Waals surface area contributed by atoms with Crippen LogP contribution in [-0.2, 0) is 16.1 Å². The van der Waals surface area contributed by atoms with Crippen molar-refractivity contribution in [2.75, 3.05) is 12.4 Å². The summed E-state index contributed by atoms with van der Waals surface area (Å²) in [5, 5.41) is 4.47. The van der Waals surface area contributed by atoms with Crippen LogP contribution in [0.4, 0.5) is 5.13 Å². The minimum Gasteiger partial charge on any atom is -0.494 e. The van der Waals surface area contributed by atoms with Crippen molar-refractivity contribution in [1.29, 1.82) is 0 Å². The number of carbonyl (C=O) groups is 2. The first-order valence-corrected chi connectivity index (χ1v) is 12.7. The molecule has 4 rings (SSSR count). The van der Waals surface area contributed by atoms with Crippen molar-refractivity contribution in [2.45, 2.75) is 37.7 Å². The van der Waals surface area contributed by atoms with Crippen molar-refractivity contribution >= 4 is 51.0 Å². The normalized spacial score (nSPS) is 11.8. The van der Waals surface area contributed by atoms with Crippen molar-refractivity contribution < 1.29 is 19.1 Å². The number of ether oxygens (including phenoxy) is 2. The molecule has 2 aromatic heterocycles. The van der Waals surface area contributed by atoms with Gasteiger partial charge in [0, 0.05) is 5.39 Å². The van der Waals surface area contributed by atoms with Crippen LogP contribution in [0.3, 0.4) is 0 Å². The molecule has 0 aliphatic rings. The molecule has 1 unspecified atom stereocenters. The number of para-hydroxylation sites is 1. The minimum atomic E-state index is -0.462. The third-order valence-corrected chi connectivity index (χ3v) is 7.37. The topological polar surface area (TPSA) is 90.4 Å². The van der Waals surface area contributed by atoms with Gasteiger partial charge in [0.2, 0.25) is 5.91 Å². The van der Waals surface area contributed by atoms with Crippen LogP contribution >= 0.6 is 23.1 Å². The molecular weight excluding hydrogens is 482 g/mol. The predicted octanol–water partition coefficient (Wildman–Crippen LogP) is 5.79. The summed E-state index contributed by atoms with van der Waals surface area (Å²) in [6, 6.07) is 17.2. The fraction of sp³-hybridized carbons (Fsp3) is 0.231. The highest BCUT2D eigenvalue weighted by atomic mass is 32.2. The van der Waals surface area contributed by atoms with Crippen molar-refractivity contribution in [1.82, 2.24) is 9.97 Å². The Bertz CT molecular complexity index is 1370. The van der Waals surface area contributed by atoms with Gasteiger partial charge in [0.15, 0.2) is 5.13 Å². The van der Waals surface area contributed by atoms with Gasteiger partial charge in [-0.05, 0) is 44.0 Å². The SMILES string of the molecule is COc1cccc2c(C)cc(SC(C)C(=O)Nc3nc(C)c(C(=O)OCc4ccccc4)s3)nc12. The average molecular weight is 508 g/mol. The smallest absolute Gasteiger partial charge is 0.350 e. The first kappa shape index (κ1) is 24.7. The molecule has 0 saturated heterocycles. The van der Waals surface area contributed by atoms with Crippen LogP contribution in [0.1, 0.15) is 33.4 Å². The maximum absolute atomic E-state index is 12.9. The highest BCUT2D eigenvalue weighted by Gasteiger charge is 2.21. The molecule has 0 radical (unpaired) electrons. The lowest BCUT2D eigenvalue weighted by atomic mass is 10.1. The average Bonchev–Trinajstić information content (AvgIpc) is 3.22. The van der Waals surface area contributed by atoms with Crippen LogP contribution in [0.5, 0.6) is 5.75 Å². The van der Waals surface area contributed by atoms with Crippen LogP contribution in [0, 0.1) is 13.8 Å². The molecule has 1 N–H and O–H groups in total. The first-order chi connectivity index (χ1) is 16.9. The monoisotopic (exact) mass is 507 g/mol. The molecule has 0 aliphatic heterocycles. The Hall–Kier alpha value is -3.43. The predicted molar refractivity (Wildman–Crippen MR) is 139 cm³/mol. The number of amides is 1. The number of hydrogen-bond donors (Lipinski definition) is 1. The third-order valence-electron chi connectivity index (χ3n) is 5.30. The zero-order valence-corrected chi connectivity index (χ0v) is 21.5. The number of anilines is 1. The molecule has 1 atom stereocenters. The Kier molecular flexibility index (Phi) is 7.67. The van der Waals surface area contributed by atoms with Gasteiger partial charge in [-0.3, -0.25) is 4.79 Å². The number of carbonyl (C=O) groups excluding carboxylic acids is 2. The number of thiazole rings is 1. The number of fused-ring (bicyclic) bond motifs is 1. The van der Waals surface area contributed by atoms with Gasteiger partial charge >= 0.3 is 5.97 Å². The molecule has 35 heavy (non-hydrogen) atoms. The highest BCUT2D eigenvalue weighted by molar-refractivity contribution is 8.00. The molecule has 2 heterocycles. The Morgan fingerprint density at radius 2 is 1.86 bits per heavy atom. The van der Waals surface area contributed by atoms with E-state index in [4.69, 9.17) is 14.5 Å². The van der Waals surface area contributed by atoms with Gasteiger partial charge < -0.3 is 14.8 Å². The van der Waals surface area contributed by atoms with Crippen molar-refractivity contribution in [3.63, 3.8) is 0 Å². The fourth-order valence-corrected chi connectivity index (χ4v) is 5.24. The Labute approximate surface area is 211 Å². The van der Waals surface area contributed by atoms with Gasteiger partial charge in [-0.1, -0.05) is 65.6 Å². The van der Waals surface area contributed by atoms with E-state index in [1.807, 2.05) is 61.5 Å². The van der Waals surface area contributed by atoms with Gasteiger partial charge in [-0.15, -0.1) is 0 Å². The molecule has 2 aromatic carbocycles. The highest BCUT2D eigenvalue weighted by Crippen LogP contribution is 2.32. The Balaban J connectivity index is 1.41. The van der Waals surface area contributed by atoms with Gasteiger partial charge in [0.05, 0.1) is 23.1 Å². The summed E-state index contributed by atoms with van der Waals surface area (Å²) in [5.74, 6) is -0.000753. The number of aryl methyl sites for hydroxylation is 2. The largest absolute Gasteiger partial charge is 0.494 e. The zero-order chi connectivity index (χ0) is 24.9. The van der Waals surface area contributed by atoms with E-state index in [1.165, 1.54) is 11.8 Å². The molecule has 0 spiro atoms. The Morgan fingerprint density at radius 3 is 2.60 bits per heavy atom. The molecule has 180 valence electrons. The van der Waals surface area contributed by atoms with Crippen molar-refractivity contribution in [3.8, 4) is 5.75 Å². The molecule has 9 heteroatoms. The fourth-order valence-electron chi connectivity index (χ4n) is 3.46. The second kappa shape index (κ2) is 10.9. The standard InChI is InChI=1S/C26H25N3O4S2/c1-15-13-21(28-22-19(15)11-8-12-20(22)32-4)34-17(3)24(30)29-26-27-16(2)23(35-26)25(31)33-14-18-9-6-5-7-10-18/h5-13,17H,14H2,1-4H3,(H,27,29,30). The molecule has 0 aliphatic carbocycles. The summed E-state index contributed by atoms with van der Waals surface area (Å²) in [7, 11) is 1.61. The molecule has 0 fully saturated rings. The third kappa shape index (κ3) is 5.80. The van der Waals surface area contributed by atoms with E-state index in [0.29, 0.717) is 21.5 Å². The van der Waals surface area contributed by atoms with Crippen LogP contribution in [0.15, 0.2) is 59.6 Å². The summed E-state index contributed by atoms with van der Waals surface area (Å²) < 4.78 is 10.8. The van der Waals surface area contributed by atoms with E-state index in [0.717, 1.165) is 38.4 Å². The Morgan fingerprint density at radius 1 is 1.09 bits per heavy atom. The molecular formula is C26H25N3O4S2. The number of nitrogens with one attached hydrogen (secondary N) is 1. The number of pyridine rings is 1.